The van der Waals surface area contributed by atoms with Crippen LogP contribution in [0.2, 0.25) is 0 Å². The van der Waals surface area contributed by atoms with Gasteiger partial charge in [0.1, 0.15) is 0 Å². The zero-order valence-corrected chi connectivity index (χ0v) is 19.9. The minimum absolute atomic E-state index is 0.102. The molecule has 9 heteroatoms. The van der Waals surface area contributed by atoms with Gasteiger partial charge in [-0.25, -0.2) is 4.39 Å². The van der Waals surface area contributed by atoms with Gasteiger partial charge in [-0.1, -0.05) is 36.8 Å². The van der Waals surface area contributed by atoms with Crippen LogP contribution in [-0.2, 0) is 6.54 Å². The first-order chi connectivity index (χ1) is 16.5. The molecule has 2 heterocycles. The van der Waals surface area contributed by atoms with Gasteiger partial charge in [-0.05, 0) is 50.4 Å². The Labute approximate surface area is 199 Å². The fourth-order valence-electron chi connectivity index (χ4n) is 4.25. The molecule has 1 aromatic heterocycles. The van der Waals surface area contributed by atoms with Gasteiger partial charge in [-0.3, -0.25) is 0 Å². The summed E-state index contributed by atoms with van der Waals surface area (Å²) in [7, 11) is 1.44. The van der Waals surface area contributed by atoms with Crippen LogP contribution in [0.1, 0.15) is 37.3 Å². The van der Waals surface area contributed by atoms with E-state index >= 15 is 0 Å². The van der Waals surface area contributed by atoms with E-state index in [0.717, 1.165) is 36.9 Å². The third-order valence-electron chi connectivity index (χ3n) is 6.13. The second-order valence-corrected chi connectivity index (χ2v) is 8.57. The first-order valence-corrected chi connectivity index (χ1v) is 11.6. The summed E-state index contributed by atoms with van der Waals surface area (Å²) in [5.74, 6) is 0.559. The lowest BCUT2D eigenvalue weighted by Gasteiger charge is -2.26. The van der Waals surface area contributed by atoms with Crippen molar-refractivity contribution in [3.05, 3.63) is 59.4 Å². The van der Waals surface area contributed by atoms with Crippen LogP contribution in [0.25, 0.3) is 0 Å². The van der Waals surface area contributed by atoms with Crippen LogP contribution in [0.3, 0.4) is 0 Å². The number of nitrogens with two attached hydrogens (primary N) is 1. The SMILES string of the molecule is CCC(Nc1nc(N)nc(N(Cc2ccc(C)cc2)c2ccc(OC)c(F)c2)n1)C1CCCN1. The minimum Gasteiger partial charge on any atom is -0.494 e. The number of aryl methyl sites for hydroxylation is 1. The minimum atomic E-state index is -0.465. The fourth-order valence-corrected chi connectivity index (χ4v) is 4.25. The van der Waals surface area contributed by atoms with Crippen molar-refractivity contribution in [3.8, 4) is 5.75 Å². The Morgan fingerprint density at radius 1 is 1.21 bits per heavy atom. The molecule has 180 valence electrons. The van der Waals surface area contributed by atoms with Crippen LogP contribution in [0.15, 0.2) is 42.5 Å². The maximum Gasteiger partial charge on any atom is 0.236 e. The highest BCUT2D eigenvalue weighted by molar-refractivity contribution is 5.60. The second kappa shape index (κ2) is 10.6. The maximum absolute atomic E-state index is 14.6. The Morgan fingerprint density at radius 3 is 2.65 bits per heavy atom. The fraction of sp³-hybridized carbons (Fsp3) is 0.400. The summed E-state index contributed by atoms with van der Waals surface area (Å²) < 4.78 is 19.7. The maximum atomic E-state index is 14.6. The quantitative estimate of drug-likeness (QED) is 0.432. The predicted molar refractivity (Wildman–Crippen MR) is 133 cm³/mol. The average molecular weight is 466 g/mol. The number of ether oxygens (including phenoxy) is 1. The molecular weight excluding hydrogens is 433 g/mol. The molecule has 0 amide bonds. The molecule has 0 bridgehead atoms. The van der Waals surface area contributed by atoms with Crippen LogP contribution in [0.4, 0.5) is 27.9 Å². The topological polar surface area (TPSA) is 101 Å². The van der Waals surface area contributed by atoms with Crippen molar-refractivity contribution in [1.82, 2.24) is 20.3 Å². The Hall–Kier alpha value is -3.46. The molecule has 4 rings (SSSR count). The molecule has 2 aromatic carbocycles. The summed E-state index contributed by atoms with van der Waals surface area (Å²) in [6.07, 6.45) is 3.17. The number of rotatable bonds is 9. The van der Waals surface area contributed by atoms with Crippen molar-refractivity contribution in [2.24, 2.45) is 0 Å². The number of nitrogen functional groups attached to an aromatic ring is 1. The molecular formula is C25H32FN7O. The number of nitrogens with zero attached hydrogens (tertiary/aromatic N) is 4. The van der Waals surface area contributed by atoms with Crippen molar-refractivity contribution < 1.29 is 9.13 Å². The van der Waals surface area contributed by atoms with Crippen LogP contribution in [0, 0.1) is 12.7 Å². The molecule has 1 saturated heterocycles. The number of aromatic nitrogens is 3. The molecule has 0 saturated carbocycles. The second-order valence-electron chi connectivity index (χ2n) is 8.57. The van der Waals surface area contributed by atoms with E-state index in [-0.39, 0.29) is 17.7 Å². The molecule has 0 radical (unpaired) electrons. The van der Waals surface area contributed by atoms with E-state index in [1.54, 1.807) is 12.1 Å². The number of hydrogen-bond donors (Lipinski definition) is 3. The van der Waals surface area contributed by atoms with E-state index in [1.165, 1.54) is 13.2 Å². The van der Waals surface area contributed by atoms with Crippen LogP contribution in [0.5, 0.6) is 5.75 Å². The first kappa shape index (κ1) is 23.7. The molecule has 2 atom stereocenters. The molecule has 8 nitrogen and oxygen atoms in total. The molecule has 34 heavy (non-hydrogen) atoms. The van der Waals surface area contributed by atoms with Crippen LogP contribution in [-0.4, -0.2) is 40.7 Å². The lowest BCUT2D eigenvalue weighted by molar-refractivity contribution is 0.386. The number of anilines is 4. The van der Waals surface area contributed by atoms with Gasteiger partial charge in [0.05, 0.1) is 13.7 Å². The van der Waals surface area contributed by atoms with Gasteiger partial charge in [0.25, 0.3) is 0 Å². The highest BCUT2D eigenvalue weighted by atomic mass is 19.1. The average Bonchev–Trinajstić information content (AvgIpc) is 3.36. The zero-order valence-electron chi connectivity index (χ0n) is 19.9. The molecule has 1 aliphatic heterocycles. The largest absolute Gasteiger partial charge is 0.494 e. The Balaban J connectivity index is 1.69. The number of benzene rings is 2. The number of nitrogens with one attached hydrogen (secondary N) is 2. The van der Waals surface area contributed by atoms with E-state index in [1.807, 2.05) is 36.1 Å². The molecule has 0 aliphatic carbocycles. The third kappa shape index (κ3) is 5.53. The lowest BCUT2D eigenvalue weighted by atomic mass is 10.0. The summed E-state index contributed by atoms with van der Waals surface area (Å²) in [6, 6.07) is 13.4. The number of methoxy groups -OCH3 is 1. The van der Waals surface area contributed by atoms with E-state index in [9.17, 15) is 4.39 Å². The summed E-state index contributed by atoms with van der Waals surface area (Å²) in [5.41, 5.74) is 8.86. The molecule has 0 spiro atoms. The Kier molecular flexibility index (Phi) is 7.42. The van der Waals surface area contributed by atoms with Crippen molar-refractivity contribution in [2.75, 3.05) is 29.6 Å². The first-order valence-electron chi connectivity index (χ1n) is 11.6. The molecule has 3 aromatic rings. The van der Waals surface area contributed by atoms with Gasteiger partial charge >= 0.3 is 0 Å². The van der Waals surface area contributed by atoms with Gasteiger partial charge in [0.15, 0.2) is 11.6 Å². The van der Waals surface area contributed by atoms with Crippen molar-refractivity contribution in [2.45, 2.75) is 51.7 Å². The van der Waals surface area contributed by atoms with Crippen molar-refractivity contribution in [1.29, 1.82) is 0 Å². The standard InChI is InChI=1S/C25H32FN7O/c1-4-20(21-6-5-13-28-21)29-24-30-23(27)31-25(32-24)33(15-17-9-7-16(2)8-10-17)18-11-12-22(34-3)19(26)14-18/h7-12,14,20-21,28H,4-6,13,15H2,1-3H3,(H3,27,29,30,31,32). The summed E-state index contributed by atoms with van der Waals surface area (Å²) in [6.45, 7) is 5.61. The van der Waals surface area contributed by atoms with Gasteiger partial charge in [-0.2, -0.15) is 15.0 Å². The van der Waals surface area contributed by atoms with E-state index < -0.39 is 5.82 Å². The van der Waals surface area contributed by atoms with Gasteiger partial charge < -0.3 is 26.0 Å². The summed E-state index contributed by atoms with van der Waals surface area (Å²) in [4.78, 5) is 15.2. The Bertz CT molecular complexity index is 1100. The van der Waals surface area contributed by atoms with E-state index in [2.05, 4.69) is 32.5 Å². The zero-order chi connectivity index (χ0) is 24.1. The smallest absolute Gasteiger partial charge is 0.236 e. The number of halogens is 1. The molecule has 1 aliphatic rings. The highest BCUT2D eigenvalue weighted by Gasteiger charge is 2.25. The predicted octanol–water partition coefficient (Wildman–Crippen LogP) is 4.19. The number of hydrogen-bond acceptors (Lipinski definition) is 8. The lowest BCUT2D eigenvalue weighted by Crippen LogP contribution is -2.40. The van der Waals surface area contributed by atoms with Crippen LogP contribution >= 0.6 is 0 Å². The molecule has 2 unspecified atom stereocenters. The van der Waals surface area contributed by atoms with Crippen molar-refractivity contribution in [3.63, 3.8) is 0 Å². The summed E-state index contributed by atoms with van der Waals surface area (Å²) >= 11 is 0. The third-order valence-corrected chi connectivity index (χ3v) is 6.13. The molecule has 1 fully saturated rings. The molecule has 4 N–H and O–H groups in total. The summed E-state index contributed by atoms with van der Waals surface area (Å²) in [5, 5.41) is 6.96. The van der Waals surface area contributed by atoms with Gasteiger partial charge in [0.2, 0.25) is 17.8 Å². The van der Waals surface area contributed by atoms with E-state index in [0.29, 0.717) is 30.2 Å². The van der Waals surface area contributed by atoms with Crippen molar-refractivity contribution >= 4 is 23.5 Å². The van der Waals surface area contributed by atoms with Gasteiger partial charge in [-0.15, -0.1) is 0 Å². The normalized spacial score (nSPS) is 16.3. The van der Waals surface area contributed by atoms with Crippen LogP contribution < -0.4 is 26.0 Å². The highest BCUT2D eigenvalue weighted by Crippen LogP contribution is 2.30. The Morgan fingerprint density at radius 2 is 2.00 bits per heavy atom. The van der Waals surface area contributed by atoms with E-state index in [4.69, 9.17) is 10.5 Å². The van der Waals surface area contributed by atoms with Gasteiger partial charge in [0, 0.05) is 23.8 Å². The monoisotopic (exact) mass is 465 g/mol.